The van der Waals surface area contributed by atoms with Crippen molar-refractivity contribution < 1.29 is 13.2 Å². The molecule has 1 unspecified atom stereocenters. The first-order chi connectivity index (χ1) is 11.4. The van der Waals surface area contributed by atoms with Gasteiger partial charge in [-0.3, -0.25) is 4.79 Å². The van der Waals surface area contributed by atoms with Crippen LogP contribution in [0.25, 0.3) is 0 Å². The van der Waals surface area contributed by atoms with E-state index < -0.39 is 10.0 Å². The zero-order valence-electron chi connectivity index (χ0n) is 13.0. The van der Waals surface area contributed by atoms with Crippen LogP contribution in [-0.4, -0.2) is 62.3 Å². The number of amides is 1. The van der Waals surface area contributed by atoms with E-state index in [0.29, 0.717) is 13.1 Å². The van der Waals surface area contributed by atoms with Gasteiger partial charge in [0, 0.05) is 26.2 Å². The van der Waals surface area contributed by atoms with Gasteiger partial charge >= 0.3 is 0 Å². The second kappa shape index (κ2) is 7.17. The fraction of sp³-hybridized carbons (Fsp3) is 0.533. The van der Waals surface area contributed by atoms with Crippen LogP contribution in [0.3, 0.4) is 0 Å². The molecular formula is C15H19Cl2N3O3S. The van der Waals surface area contributed by atoms with Gasteiger partial charge in [0.1, 0.15) is 4.90 Å². The largest absolute Gasteiger partial charge is 0.339 e. The number of benzene rings is 1. The summed E-state index contributed by atoms with van der Waals surface area (Å²) in [6.45, 7) is 2.08. The normalized spacial score (nSPS) is 22.8. The number of halogens is 2. The summed E-state index contributed by atoms with van der Waals surface area (Å²) in [7, 11) is -3.78. The van der Waals surface area contributed by atoms with Crippen molar-refractivity contribution in [1.82, 2.24) is 14.5 Å². The highest BCUT2D eigenvalue weighted by atomic mass is 35.5. The predicted molar refractivity (Wildman–Crippen MR) is 92.8 cm³/mol. The van der Waals surface area contributed by atoms with Gasteiger partial charge < -0.3 is 10.2 Å². The molecule has 2 aliphatic heterocycles. The van der Waals surface area contributed by atoms with Crippen LogP contribution in [-0.2, 0) is 14.8 Å². The van der Waals surface area contributed by atoms with Crippen molar-refractivity contribution in [2.24, 2.45) is 0 Å². The van der Waals surface area contributed by atoms with Gasteiger partial charge in [0.05, 0.1) is 16.1 Å². The van der Waals surface area contributed by atoms with Crippen LogP contribution in [0.5, 0.6) is 0 Å². The molecule has 2 aliphatic rings. The highest BCUT2D eigenvalue weighted by Gasteiger charge is 2.35. The molecule has 2 heterocycles. The molecule has 0 radical (unpaired) electrons. The zero-order chi connectivity index (χ0) is 17.3. The van der Waals surface area contributed by atoms with Crippen molar-refractivity contribution in [2.45, 2.75) is 23.8 Å². The van der Waals surface area contributed by atoms with Gasteiger partial charge in [-0.25, -0.2) is 8.42 Å². The number of sulfonamides is 1. The topological polar surface area (TPSA) is 69.7 Å². The maximum atomic E-state index is 12.8. The van der Waals surface area contributed by atoms with Crippen molar-refractivity contribution in [3.63, 3.8) is 0 Å². The quantitative estimate of drug-likeness (QED) is 0.848. The SMILES string of the molecule is O=C(C1CCCN1)N1CCN(S(=O)(=O)c2c(Cl)cccc2Cl)CC1. The second-order valence-electron chi connectivity index (χ2n) is 5.93. The molecule has 1 amide bonds. The van der Waals surface area contributed by atoms with E-state index in [1.54, 1.807) is 11.0 Å². The van der Waals surface area contributed by atoms with Crippen LogP contribution in [0.2, 0.25) is 10.0 Å². The molecule has 9 heteroatoms. The number of carbonyl (C=O) groups excluding carboxylic acids is 1. The number of nitrogens with one attached hydrogen (secondary N) is 1. The third kappa shape index (κ3) is 3.41. The second-order valence-corrected chi connectivity index (χ2v) is 8.62. The highest BCUT2D eigenvalue weighted by molar-refractivity contribution is 7.89. The predicted octanol–water partition coefficient (Wildman–Crippen LogP) is 1.58. The van der Waals surface area contributed by atoms with E-state index in [1.807, 2.05) is 0 Å². The Morgan fingerprint density at radius 1 is 1.12 bits per heavy atom. The Morgan fingerprint density at radius 3 is 2.29 bits per heavy atom. The van der Waals surface area contributed by atoms with Crippen molar-refractivity contribution in [3.8, 4) is 0 Å². The molecule has 2 saturated heterocycles. The lowest BCUT2D eigenvalue weighted by molar-refractivity contribution is -0.134. The fourth-order valence-corrected chi connectivity index (χ4v) is 5.64. The third-order valence-corrected chi connectivity index (χ3v) is 7.28. The monoisotopic (exact) mass is 391 g/mol. The Morgan fingerprint density at radius 2 is 1.75 bits per heavy atom. The molecule has 0 aliphatic carbocycles. The lowest BCUT2D eigenvalue weighted by Crippen LogP contribution is -2.54. The maximum Gasteiger partial charge on any atom is 0.246 e. The molecule has 1 N–H and O–H groups in total. The summed E-state index contributed by atoms with van der Waals surface area (Å²) in [5.41, 5.74) is 0. The molecule has 1 aromatic rings. The summed E-state index contributed by atoms with van der Waals surface area (Å²) in [4.78, 5) is 14.0. The number of hydrogen-bond acceptors (Lipinski definition) is 4. The summed E-state index contributed by atoms with van der Waals surface area (Å²) in [6.07, 6.45) is 1.84. The van der Waals surface area contributed by atoms with E-state index >= 15 is 0 Å². The molecule has 0 saturated carbocycles. The third-order valence-electron chi connectivity index (χ3n) is 4.43. The smallest absolute Gasteiger partial charge is 0.246 e. The number of piperazine rings is 1. The Balaban J connectivity index is 1.71. The van der Waals surface area contributed by atoms with Crippen molar-refractivity contribution in [2.75, 3.05) is 32.7 Å². The van der Waals surface area contributed by atoms with E-state index in [1.165, 1.54) is 16.4 Å². The van der Waals surface area contributed by atoms with E-state index in [4.69, 9.17) is 23.2 Å². The Kier molecular flexibility index (Phi) is 5.36. The van der Waals surface area contributed by atoms with Crippen LogP contribution in [0, 0.1) is 0 Å². The first kappa shape index (κ1) is 17.9. The Bertz CT molecular complexity index is 707. The number of carbonyl (C=O) groups is 1. The molecule has 6 nitrogen and oxygen atoms in total. The number of hydrogen-bond donors (Lipinski definition) is 1. The molecule has 24 heavy (non-hydrogen) atoms. The summed E-state index contributed by atoms with van der Waals surface area (Å²) < 4.78 is 26.9. The minimum absolute atomic E-state index is 0.0559. The van der Waals surface area contributed by atoms with Crippen molar-refractivity contribution in [1.29, 1.82) is 0 Å². The van der Waals surface area contributed by atoms with Crippen LogP contribution in [0.15, 0.2) is 23.1 Å². The van der Waals surface area contributed by atoms with Crippen LogP contribution < -0.4 is 5.32 Å². The number of nitrogens with zero attached hydrogens (tertiary/aromatic N) is 2. The van der Waals surface area contributed by atoms with E-state index in [2.05, 4.69) is 5.32 Å². The summed E-state index contributed by atoms with van der Waals surface area (Å²) >= 11 is 12.1. The molecule has 1 atom stereocenters. The first-order valence-corrected chi connectivity index (χ1v) is 10.1. The van der Waals surface area contributed by atoms with Gasteiger partial charge in [0.15, 0.2) is 0 Å². The maximum absolute atomic E-state index is 12.8. The summed E-state index contributed by atoms with van der Waals surface area (Å²) in [5.74, 6) is 0.0559. The molecule has 132 valence electrons. The van der Waals surface area contributed by atoms with Crippen LogP contribution in [0.1, 0.15) is 12.8 Å². The average Bonchev–Trinajstić information content (AvgIpc) is 3.08. The molecule has 1 aromatic carbocycles. The molecule has 2 fully saturated rings. The van der Waals surface area contributed by atoms with E-state index in [9.17, 15) is 13.2 Å². The van der Waals surface area contributed by atoms with Crippen molar-refractivity contribution in [3.05, 3.63) is 28.2 Å². The van der Waals surface area contributed by atoms with E-state index in [0.717, 1.165) is 19.4 Å². The fourth-order valence-electron chi connectivity index (χ4n) is 3.12. The molecule has 3 rings (SSSR count). The van der Waals surface area contributed by atoms with Gasteiger partial charge in [0.25, 0.3) is 0 Å². The van der Waals surface area contributed by atoms with E-state index in [-0.39, 0.29) is 40.0 Å². The lowest BCUT2D eigenvalue weighted by Gasteiger charge is -2.35. The molecular weight excluding hydrogens is 373 g/mol. The van der Waals surface area contributed by atoms with Gasteiger partial charge in [0.2, 0.25) is 15.9 Å². The standard InChI is InChI=1S/C15H19Cl2N3O3S/c16-11-3-1-4-12(17)14(11)24(22,23)20-9-7-19(8-10-20)15(21)13-5-2-6-18-13/h1,3-4,13,18H,2,5-10H2. The summed E-state index contributed by atoms with van der Waals surface area (Å²) in [6, 6.07) is 4.48. The Labute approximate surface area is 151 Å². The summed E-state index contributed by atoms with van der Waals surface area (Å²) in [5, 5.41) is 3.39. The van der Waals surface area contributed by atoms with Gasteiger partial charge in [-0.15, -0.1) is 0 Å². The first-order valence-electron chi connectivity index (χ1n) is 7.87. The van der Waals surface area contributed by atoms with Gasteiger partial charge in [-0.05, 0) is 31.5 Å². The van der Waals surface area contributed by atoms with Gasteiger partial charge in [-0.1, -0.05) is 29.3 Å². The van der Waals surface area contributed by atoms with Crippen LogP contribution in [0.4, 0.5) is 0 Å². The minimum atomic E-state index is -3.78. The highest BCUT2D eigenvalue weighted by Crippen LogP contribution is 2.31. The zero-order valence-corrected chi connectivity index (χ0v) is 15.4. The van der Waals surface area contributed by atoms with Crippen molar-refractivity contribution >= 4 is 39.1 Å². The molecule has 0 bridgehead atoms. The average molecular weight is 392 g/mol. The van der Waals surface area contributed by atoms with Gasteiger partial charge in [-0.2, -0.15) is 4.31 Å². The molecule has 0 aromatic heterocycles. The Hall–Kier alpha value is -0.860. The minimum Gasteiger partial charge on any atom is -0.339 e. The lowest BCUT2D eigenvalue weighted by atomic mass is 10.2. The van der Waals surface area contributed by atoms with Crippen LogP contribution >= 0.6 is 23.2 Å². The number of rotatable bonds is 3. The molecule has 0 spiro atoms.